The molecule has 3 aromatic rings. The molecule has 1 aliphatic heterocycles. The quantitative estimate of drug-likeness (QED) is 0.584. The Balaban J connectivity index is 2.04. The fourth-order valence-electron chi connectivity index (χ4n) is 3.73. The number of amides is 1. The molecule has 0 radical (unpaired) electrons. The number of rotatable bonds is 4. The molecule has 1 fully saturated rings. The van der Waals surface area contributed by atoms with Gasteiger partial charge in [0.25, 0.3) is 5.91 Å². The second-order valence-corrected chi connectivity index (χ2v) is 7.49. The zero-order valence-corrected chi connectivity index (χ0v) is 16.7. The highest BCUT2D eigenvalue weighted by Crippen LogP contribution is 2.45. The molecule has 2 heterocycles. The summed E-state index contributed by atoms with van der Waals surface area (Å²) >= 11 is 0. The van der Waals surface area contributed by atoms with Crippen LogP contribution in [0, 0.1) is 6.92 Å². The first-order valence-corrected chi connectivity index (χ1v) is 9.23. The van der Waals surface area contributed by atoms with Crippen LogP contribution in [0.25, 0.3) is 22.4 Å². The predicted octanol–water partition coefficient (Wildman–Crippen LogP) is 2.54. The van der Waals surface area contributed by atoms with E-state index in [1.165, 1.54) is 7.11 Å². The predicted molar refractivity (Wildman–Crippen MR) is 108 cm³/mol. The van der Waals surface area contributed by atoms with Gasteiger partial charge in [0.05, 0.1) is 36.9 Å². The molecule has 0 atom stereocenters. The fraction of sp³-hybridized carbons (Fsp3) is 0.333. The molecule has 1 amide bonds. The molecule has 0 saturated carbocycles. The number of phenols is 2. The fourth-order valence-corrected chi connectivity index (χ4v) is 3.73. The van der Waals surface area contributed by atoms with Crippen molar-refractivity contribution >= 4 is 16.9 Å². The highest BCUT2D eigenvalue weighted by Gasteiger charge is 2.39. The van der Waals surface area contributed by atoms with Crippen LogP contribution in [0.3, 0.4) is 0 Å². The molecule has 8 nitrogen and oxygen atoms in total. The molecule has 29 heavy (non-hydrogen) atoms. The third-order valence-corrected chi connectivity index (χ3v) is 5.46. The van der Waals surface area contributed by atoms with Crippen molar-refractivity contribution in [1.82, 2.24) is 14.9 Å². The highest BCUT2D eigenvalue weighted by atomic mass is 16.5. The Bertz CT molecular complexity index is 1130. The standard InChI is InChI=1S/C21H23N3O5/c1-11-13(8-16(28-4)18(26)17(11)25)19-23-14-6-5-12(20(27)22-3)7-15(14)24(19)21(2)9-29-10-21/h5-8,25-26H,9-10H2,1-4H3,(H,22,27). The van der Waals surface area contributed by atoms with Gasteiger partial charge in [-0.1, -0.05) is 0 Å². The van der Waals surface area contributed by atoms with Crippen LogP contribution in [0.15, 0.2) is 24.3 Å². The Labute approximate surface area is 167 Å². The van der Waals surface area contributed by atoms with E-state index in [-0.39, 0.29) is 28.7 Å². The summed E-state index contributed by atoms with van der Waals surface area (Å²) in [6.07, 6.45) is 0. The van der Waals surface area contributed by atoms with Gasteiger partial charge in [-0.3, -0.25) is 4.79 Å². The van der Waals surface area contributed by atoms with Crippen LogP contribution in [0.1, 0.15) is 22.8 Å². The lowest BCUT2D eigenvalue weighted by atomic mass is 9.97. The van der Waals surface area contributed by atoms with Crippen LogP contribution in [0.4, 0.5) is 0 Å². The lowest BCUT2D eigenvalue weighted by Gasteiger charge is -2.41. The van der Waals surface area contributed by atoms with Gasteiger partial charge in [-0.15, -0.1) is 0 Å². The Morgan fingerprint density at radius 3 is 2.59 bits per heavy atom. The zero-order chi connectivity index (χ0) is 20.9. The maximum atomic E-state index is 12.2. The smallest absolute Gasteiger partial charge is 0.251 e. The van der Waals surface area contributed by atoms with Crippen molar-refractivity contribution < 1.29 is 24.5 Å². The Morgan fingerprint density at radius 1 is 1.28 bits per heavy atom. The number of phenolic OH excluding ortho intramolecular Hbond substituents is 2. The number of methoxy groups -OCH3 is 1. The van der Waals surface area contributed by atoms with Crippen LogP contribution >= 0.6 is 0 Å². The molecular weight excluding hydrogens is 374 g/mol. The molecule has 4 rings (SSSR count). The van der Waals surface area contributed by atoms with Crippen molar-refractivity contribution in [3.8, 4) is 28.6 Å². The van der Waals surface area contributed by atoms with E-state index in [1.807, 2.05) is 4.57 Å². The van der Waals surface area contributed by atoms with Crippen molar-refractivity contribution in [1.29, 1.82) is 0 Å². The number of aromatic nitrogens is 2. The molecule has 152 valence electrons. The SMILES string of the molecule is CNC(=O)c1ccc2nc(-c3cc(OC)c(O)c(O)c3C)n(C3(C)COC3)c2c1. The summed E-state index contributed by atoms with van der Waals surface area (Å²) in [7, 11) is 3.01. The van der Waals surface area contributed by atoms with Gasteiger partial charge in [0.2, 0.25) is 5.75 Å². The number of nitrogens with one attached hydrogen (secondary N) is 1. The third-order valence-electron chi connectivity index (χ3n) is 5.46. The van der Waals surface area contributed by atoms with Gasteiger partial charge >= 0.3 is 0 Å². The lowest BCUT2D eigenvalue weighted by Crippen LogP contribution is -2.49. The van der Waals surface area contributed by atoms with E-state index < -0.39 is 0 Å². The molecule has 0 unspecified atom stereocenters. The molecule has 0 bridgehead atoms. The first-order valence-electron chi connectivity index (χ1n) is 9.23. The summed E-state index contributed by atoms with van der Waals surface area (Å²) in [6.45, 7) is 4.76. The summed E-state index contributed by atoms with van der Waals surface area (Å²) in [4.78, 5) is 16.9. The Hall–Kier alpha value is -3.26. The molecule has 3 N–H and O–H groups in total. The van der Waals surface area contributed by atoms with Crippen molar-refractivity contribution in [3.05, 3.63) is 35.4 Å². The topological polar surface area (TPSA) is 106 Å². The molecule has 1 aliphatic rings. The van der Waals surface area contributed by atoms with E-state index >= 15 is 0 Å². The van der Waals surface area contributed by atoms with Crippen LogP contribution in [-0.2, 0) is 10.3 Å². The van der Waals surface area contributed by atoms with E-state index in [0.29, 0.717) is 41.2 Å². The number of benzene rings is 2. The molecule has 1 aromatic heterocycles. The van der Waals surface area contributed by atoms with Crippen LogP contribution < -0.4 is 10.1 Å². The van der Waals surface area contributed by atoms with Crippen molar-refractivity contribution in [2.24, 2.45) is 0 Å². The zero-order valence-electron chi connectivity index (χ0n) is 16.7. The van der Waals surface area contributed by atoms with Gasteiger partial charge in [-0.2, -0.15) is 0 Å². The maximum absolute atomic E-state index is 12.2. The van der Waals surface area contributed by atoms with Crippen molar-refractivity contribution in [3.63, 3.8) is 0 Å². The molecule has 1 saturated heterocycles. The number of fused-ring (bicyclic) bond motifs is 1. The summed E-state index contributed by atoms with van der Waals surface area (Å²) < 4.78 is 12.7. The summed E-state index contributed by atoms with van der Waals surface area (Å²) in [5.74, 6) is 0.0144. The number of hydrogen-bond acceptors (Lipinski definition) is 6. The minimum absolute atomic E-state index is 0.155. The monoisotopic (exact) mass is 397 g/mol. The Kier molecular flexibility index (Phi) is 4.38. The maximum Gasteiger partial charge on any atom is 0.251 e. The van der Waals surface area contributed by atoms with E-state index in [2.05, 4.69) is 12.2 Å². The third kappa shape index (κ3) is 2.79. The second-order valence-electron chi connectivity index (χ2n) is 7.49. The number of ether oxygens (including phenoxy) is 2. The van der Waals surface area contributed by atoms with E-state index in [1.54, 1.807) is 38.2 Å². The van der Waals surface area contributed by atoms with Crippen LogP contribution in [0.2, 0.25) is 0 Å². The summed E-state index contributed by atoms with van der Waals surface area (Å²) in [5.41, 5.74) is 2.78. The second kappa shape index (κ2) is 6.66. The Morgan fingerprint density at radius 2 is 2.00 bits per heavy atom. The minimum Gasteiger partial charge on any atom is -0.504 e. The van der Waals surface area contributed by atoms with Crippen molar-refractivity contribution in [2.45, 2.75) is 19.4 Å². The normalized spacial score (nSPS) is 15.2. The first kappa shape index (κ1) is 19.1. The minimum atomic E-state index is -0.363. The first-order chi connectivity index (χ1) is 13.8. The van der Waals surface area contributed by atoms with Gasteiger partial charge < -0.3 is 29.6 Å². The molecule has 8 heteroatoms. The number of carbonyl (C=O) groups excluding carboxylic acids is 1. The largest absolute Gasteiger partial charge is 0.504 e. The number of nitrogens with zero attached hydrogens (tertiary/aromatic N) is 2. The number of imidazole rings is 1. The average Bonchev–Trinajstić information content (AvgIpc) is 3.08. The van der Waals surface area contributed by atoms with Gasteiger partial charge in [-0.05, 0) is 38.1 Å². The number of aromatic hydroxyl groups is 2. The van der Waals surface area contributed by atoms with Gasteiger partial charge in [0, 0.05) is 23.7 Å². The molecule has 2 aromatic carbocycles. The summed E-state index contributed by atoms with van der Waals surface area (Å²) in [6, 6.07) is 6.99. The van der Waals surface area contributed by atoms with Gasteiger partial charge in [0.15, 0.2) is 11.5 Å². The summed E-state index contributed by atoms with van der Waals surface area (Å²) in [5, 5.41) is 23.2. The van der Waals surface area contributed by atoms with Gasteiger partial charge in [0.1, 0.15) is 5.82 Å². The lowest BCUT2D eigenvalue weighted by molar-refractivity contribution is -0.0868. The van der Waals surface area contributed by atoms with E-state index in [0.717, 1.165) is 5.52 Å². The van der Waals surface area contributed by atoms with Crippen LogP contribution in [-0.4, -0.2) is 53.0 Å². The van der Waals surface area contributed by atoms with E-state index in [4.69, 9.17) is 14.5 Å². The average molecular weight is 397 g/mol. The van der Waals surface area contributed by atoms with Crippen molar-refractivity contribution in [2.75, 3.05) is 27.4 Å². The van der Waals surface area contributed by atoms with Crippen LogP contribution in [0.5, 0.6) is 17.2 Å². The number of carbonyl (C=O) groups is 1. The highest BCUT2D eigenvalue weighted by molar-refractivity contribution is 5.98. The molecule has 0 aliphatic carbocycles. The van der Waals surface area contributed by atoms with E-state index in [9.17, 15) is 15.0 Å². The van der Waals surface area contributed by atoms with Gasteiger partial charge in [-0.25, -0.2) is 4.98 Å². The molecular formula is C21H23N3O5. The number of hydrogen-bond donors (Lipinski definition) is 3. The molecule has 0 spiro atoms.